The van der Waals surface area contributed by atoms with Crippen LogP contribution in [-0.2, 0) is 16.1 Å². The maximum absolute atomic E-state index is 12.6. The number of rotatable bonds is 11. The van der Waals surface area contributed by atoms with Crippen molar-refractivity contribution in [3.63, 3.8) is 0 Å². The Kier molecular flexibility index (Phi) is 10.3. The fraction of sp³-hybridized carbons (Fsp3) is 0.556. The molecule has 1 aromatic rings. The Labute approximate surface area is 148 Å². The Morgan fingerprint density at radius 3 is 2.32 bits per heavy atom. The van der Waals surface area contributed by atoms with Crippen LogP contribution in [0.25, 0.3) is 0 Å². The number of ether oxygens (including phenoxy) is 1. The molecule has 0 aliphatic carbocycles. The summed E-state index contributed by atoms with van der Waals surface area (Å²) in [5.74, 6) is -0.710. The van der Waals surface area contributed by atoms with E-state index in [9.17, 15) is 9.59 Å². The Bertz CT molecular complexity index is 509. The normalized spacial score (nSPS) is 12.9. The summed E-state index contributed by atoms with van der Waals surface area (Å²) >= 11 is 0. The van der Waals surface area contributed by atoms with Crippen molar-refractivity contribution in [1.29, 1.82) is 0 Å². The lowest BCUT2D eigenvalue weighted by Crippen LogP contribution is -2.47. The molecule has 1 rings (SSSR count). The number of aliphatic hydroxyl groups excluding tert-OH is 2. The molecule has 25 heavy (non-hydrogen) atoms. The zero-order valence-electron chi connectivity index (χ0n) is 14.6. The summed E-state index contributed by atoms with van der Waals surface area (Å²) in [4.78, 5) is 24.2. The Balaban J connectivity index is 2.77. The first-order valence-corrected chi connectivity index (χ1v) is 8.50. The number of benzene rings is 1. The first-order chi connectivity index (χ1) is 12.1. The van der Waals surface area contributed by atoms with E-state index >= 15 is 0 Å². The van der Waals surface area contributed by atoms with E-state index < -0.39 is 18.1 Å². The third-order valence-electron chi connectivity index (χ3n) is 3.97. The molecule has 0 aliphatic heterocycles. The Morgan fingerprint density at radius 1 is 1.08 bits per heavy atom. The second-order valence-corrected chi connectivity index (χ2v) is 5.78. The molecule has 7 nitrogen and oxygen atoms in total. The molecule has 0 heterocycles. The van der Waals surface area contributed by atoms with Gasteiger partial charge in [0.15, 0.2) is 0 Å². The summed E-state index contributed by atoms with van der Waals surface area (Å²) < 4.78 is 4.63. The van der Waals surface area contributed by atoms with Crippen molar-refractivity contribution >= 4 is 12.0 Å². The predicted octanol–water partition coefficient (Wildman–Crippen LogP) is 1.19. The molecular weight excluding hydrogens is 324 g/mol. The van der Waals surface area contributed by atoms with Gasteiger partial charge in [0.1, 0.15) is 0 Å². The lowest BCUT2D eigenvalue weighted by molar-refractivity contribution is -0.126. The third-order valence-corrected chi connectivity index (χ3v) is 3.97. The number of alkyl carbamates (subject to hydrolysis) is 1. The maximum atomic E-state index is 12.6. The zero-order valence-corrected chi connectivity index (χ0v) is 14.6. The molecular formula is C18H28N2O5. The molecule has 0 fully saturated rings. The summed E-state index contributed by atoms with van der Waals surface area (Å²) in [5, 5.41) is 23.7. The highest BCUT2D eigenvalue weighted by Gasteiger charge is 2.29. The number of carbonyl (C=O) groups is 2. The molecule has 4 N–H and O–H groups in total. The number of nitrogens with one attached hydrogen (secondary N) is 2. The minimum atomic E-state index is -0.618. The highest BCUT2D eigenvalue weighted by molar-refractivity contribution is 5.80. The predicted molar refractivity (Wildman–Crippen MR) is 93.7 cm³/mol. The first-order valence-electron chi connectivity index (χ1n) is 8.50. The molecule has 0 aliphatic rings. The van der Waals surface area contributed by atoms with Crippen molar-refractivity contribution in [3.05, 3.63) is 35.9 Å². The molecule has 0 aromatic heterocycles. The fourth-order valence-electron chi connectivity index (χ4n) is 2.64. The van der Waals surface area contributed by atoms with Gasteiger partial charge in [0.2, 0.25) is 5.91 Å². The molecule has 1 aromatic carbocycles. The van der Waals surface area contributed by atoms with Crippen LogP contribution in [0.4, 0.5) is 4.79 Å². The van der Waals surface area contributed by atoms with Gasteiger partial charge in [-0.1, -0.05) is 30.3 Å². The lowest BCUT2D eigenvalue weighted by atomic mass is 9.90. The molecule has 140 valence electrons. The average molecular weight is 352 g/mol. The Morgan fingerprint density at radius 2 is 1.72 bits per heavy atom. The van der Waals surface area contributed by atoms with Crippen molar-refractivity contribution in [2.24, 2.45) is 5.92 Å². The van der Waals surface area contributed by atoms with Crippen LogP contribution in [0.3, 0.4) is 0 Å². The van der Waals surface area contributed by atoms with Crippen molar-refractivity contribution in [2.45, 2.75) is 38.3 Å². The van der Waals surface area contributed by atoms with Gasteiger partial charge >= 0.3 is 6.09 Å². The Hall–Kier alpha value is -2.12. The van der Waals surface area contributed by atoms with E-state index in [0.717, 1.165) is 5.56 Å². The van der Waals surface area contributed by atoms with Crippen LogP contribution in [0.2, 0.25) is 0 Å². The summed E-state index contributed by atoms with van der Waals surface area (Å²) in [6, 6.07) is 9.06. The second kappa shape index (κ2) is 12.3. The molecule has 0 radical (unpaired) electrons. The van der Waals surface area contributed by atoms with E-state index in [2.05, 4.69) is 15.4 Å². The number of hydrogen-bond acceptors (Lipinski definition) is 5. The summed E-state index contributed by atoms with van der Waals surface area (Å²) in [5.41, 5.74) is 0.976. The van der Waals surface area contributed by atoms with Gasteiger partial charge in [-0.3, -0.25) is 4.79 Å². The topological polar surface area (TPSA) is 108 Å². The molecule has 0 saturated heterocycles. The van der Waals surface area contributed by atoms with E-state index in [1.807, 2.05) is 30.3 Å². The van der Waals surface area contributed by atoms with Crippen LogP contribution in [0, 0.1) is 5.92 Å². The van der Waals surface area contributed by atoms with E-state index in [1.165, 1.54) is 7.11 Å². The third kappa shape index (κ3) is 8.00. The minimum Gasteiger partial charge on any atom is -0.453 e. The van der Waals surface area contributed by atoms with E-state index in [0.29, 0.717) is 32.2 Å². The number of methoxy groups -OCH3 is 1. The number of aliphatic hydroxyl groups is 2. The lowest BCUT2D eigenvalue weighted by Gasteiger charge is -2.27. The summed E-state index contributed by atoms with van der Waals surface area (Å²) in [7, 11) is 1.26. The van der Waals surface area contributed by atoms with E-state index in [1.54, 1.807) is 0 Å². The first kappa shape index (κ1) is 20.9. The van der Waals surface area contributed by atoms with Gasteiger partial charge in [0, 0.05) is 25.8 Å². The van der Waals surface area contributed by atoms with Gasteiger partial charge in [-0.15, -0.1) is 0 Å². The SMILES string of the molecule is COC(=O)N[C@@H](CCCO)[C@@H](CCCO)C(=O)NCc1ccccc1. The van der Waals surface area contributed by atoms with E-state index in [-0.39, 0.29) is 19.1 Å². The summed E-state index contributed by atoms with van der Waals surface area (Å²) in [6.45, 7) is 0.325. The largest absolute Gasteiger partial charge is 0.453 e. The fourth-order valence-corrected chi connectivity index (χ4v) is 2.64. The quantitative estimate of drug-likeness (QED) is 0.478. The molecule has 2 amide bonds. The molecule has 2 atom stereocenters. The molecule has 7 heteroatoms. The van der Waals surface area contributed by atoms with Crippen LogP contribution in [-0.4, -0.2) is 48.6 Å². The zero-order chi connectivity index (χ0) is 18.5. The molecule has 0 saturated carbocycles. The highest BCUT2D eigenvalue weighted by Crippen LogP contribution is 2.17. The van der Waals surface area contributed by atoms with Crippen LogP contribution >= 0.6 is 0 Å². The van der Waals surface area contributed by atoms with E-state index in [4.69, 9.17) is 10.2 Å². The van der Waals surface area contributed by atoms with Gasteiger partial charge in [0.25, 0.3) is 0 Å². The van der Waals surface area contributed by atoms with Gasteiger partial charge < -0.3 is 25.6 Å². The van der Waals surface area contributed by atoms with Crippen LogP contribution in [0.15, 0.2) is 30.3 Å². The van der Waals surface area contributed by atoms with Crippen molar-refractivity contribution in [1.82, 2.24) is 10.6 Å². The number of carbonyl (C=O) groups excluding carboxylic acids is 2. The smallest absolute Gasteiger partial charge is 0.407 e. The molecule has 0 spiro atoms. The van der Waals surface area contributed by atoms with Gasteiger partial charge in [0.05, 0.1) is 13.0 Å². The monoisotopic (exact) mass is 352 g/mol. The van der Waals surface area contributed by atoms with Crippen molar-refractivity contribution in [2.75, 3.05) is 20.3 Å². The van der Waals surface area contributed by atoms with Crippen LogP contribution in [0.5, 0.6) is 0 Å². The van der Waals surface area contributed by atoms with Crippen LogP contribution in [0.1, 0.15) is 31.2 Å². The summed E-state index contributed by atoms with van der Waals surface area (Å²) in [6.07, 6.45) is 1.16. The van der Waals surface area contributed by atoms with Gasteiger partial charge in [-0.05, 0) is 31.2 Å². The van der Waals surface area contributed by atoms with Gasteiger partial charge in [-0.2, -0.15) is 0 Å². The highest BCUT2D eigenvalue weighted by atomic mass is 16.5. The molecule has 0 bridgehead atoms. The standard InChI is InChI=1S/C18H28N2O5/c1-25-18(24)20-16(10-6-12-22)15(9-5-11-21)17(23)19-13-14-7-3-2-4-8-14/h2-4,7-8,15-16,21-22H,5-6,9-13H2,1H3,(H,19,23)(H,20,24)/t15-,16+/m1/s1. The maximum Gasteiger partial charge on any atom is 0.407 e. The minimum absolute atomic E-state index is 0.0301. The number of amides is 2. The van der Waals surface area contributed by atoms with Crippen molar-refractivity contribution in [3.8, 4) is 0 Å². The van der Waals surface area contributed by atoms with Gasteiger partial charge in [-0.25, -0.2) is 4.79 Å². The van der Waals surface area contributed by atoms with Crippen molar-refractivity contribution < 1.29 is 24.5 Å². The second-order valence-electron chi connectivity index (χ2n) is 5.78. The number of hydrogen-bond donors (Lipinski definition) is 4. The van der Waals surface area contributed by atoms with Crippen LogP contribution < -0.4 is 10.6 Å². The average Bonchev–Trinajstić information content (AvgIpc) is 2.64. The molecule has 0 unspecified atom stereocenters.